The summed E-state index contributed by atoms with van der Waals surface area (Å²) in [6, 6.07) is 10.2. The fourth-order valence-corrected chi connectivity index (χ4v) is 2.67. The van der Waals surface area contributed by atoms with Gasteiger partial charge in [0.05, 0.1) is 6.04 Å². The van der Waals surface area contributed by atoms with Crippen LogP contribution in [0.4, 0.5) is 0 Å². The monoisotopic (exact) mass is 334 g/mol. The molecule has 1 atom stereocenters. The van der Waals surface area contributed by atoms with Crippen molar-refractivity contribution < 1.29 is 4.79 Å². The molecule has 1 unspecified atom stereocenters. The van der Waals surface area contributed by atoms with Gasteiger partial charge in [-0.3, -0.25) is 4.79 Å². The summed E-state index contributed by atoms with van der Waals surface area (Å²) in [5.41, 5.74) is 3.07. The number of nitrogens with zero attached hydrogens (tertiary/aromatic N) is 1. The van der Waals surface area contributed by atoms with E-state index in [0.29, 0.717) is 5.69 Å². The Bertz CT molecular complexity index is 601. The van der Waals surface area contributed by atoms with E-state index in [9.17, 15) is 4.79 Å². The van der Waals surface area contributed by atoms with E-state index in [2.05, 4.69) is 52.4 Å². The Kier molecular flexibility index (Phi) is 4.65. The number of nitrogens with one attached hydrogen (secondary N) is 1. The van der Waals surface area contributed by atoms with Crippen molar-refractivity contribution in [3.63, 3.8) is 0 Å². The molecule has 0 aliphatic rings. The summed E-state index contributed by atoms with van der Waals surface area (Å²) >= 11 is 3.38. The van der Waals surface area contributed by atoms with Gasteiger partial charge < -0.3 is 9.88 Å². The predicted molar refractivity (Wildman–Crippen MR) is 84.8 cm³/mol. The third-order valence-corrected chi connectivity index (χ3v) is 3.87. The maximum Gasteiger partial charge on any atom is 0.268 e. The van der Waals surface area contributed by atoms with E-state index in [1.807, 2.05) is 30.8 Å². The number of benzene rings is 1. The summed E-state index contributed by atoms with van der Waals surface area (Å²) < 4.78 is 2.72. The first-order valence-corrected chi connectivity index (χ1v) is 7.52. The van der Waals surface area contributed by atoms with Crippen LogP contribution in [0.3, 0.4) is 0 Å². The summed E-state index contributed by atoms with van der Waals surface area (Å²) in [5.74, 6) is -0.0646. The highest BCUT2D eigenvalue weighted by Gasteiger charge is 2.14. The van der Waals surface area contributed by atoms with Crippen molar-refractivity contribution in [2.24, 2.45) is 7.05 Å². The average molecular weight is 335 g/mol. The zero-order valence-electron chi connectivity index (χ0n) is 12.0. The van der Waals surface area contributed by atoms with E-state index >= 15 is 0 Å². The average Bonchev–Trinajstić information content (AvgIpc) is 2.78. The van der Waals surface area contributed by atoms with Crippen LogP contribution >= 0.6 is 15.9 Å². The van der Waals surface area contributed by atoms with Gasteiger partial charge in [0.15, 0.2) is 0 Å². The molecule has 106 valence electrons. The van der Waals surface area contributed by atoms with Crippen molar-refractivity contribution in [3.8, 4) is 0 Å². The number of carbonyl (C=O) groups is 1. The highest BCUT2D eigenvalue weighted by molar-refractivity contribution is 9.10. The van der Waals surface area contributed by atoms with Crippen molar-refractivity contribution in [1.82, 2.24) is 9.88 Å². The van der Waals surface area contributed by atoms with E-state index in [4.69, 9.17) is 0 Å². The SMILES string of the molecule is CCc1ccc(C(C)NC(=O)c2cc(Br)cn2C)cc1. The van der Waals surface area contributed by atoms with Crippen molar-refractivity contribution in [2.75, 3.05) is 0 Å². The maximum absolute atomic E-state index is 12.2. The van der Waals surface area contributed by atoms with Gasteiger partial charge in [-0.1, -0.05) is 31.2 Å². The lowest BCUT2D eigenvalue weighted by atomic mass is 10.0. The molecule has 0 bridgehead atoms. The topological polar surface area (TPSA) is 34.0 Å². The summed E-state index contributed by atoms with van der Waals surface area (Å²) in [5, 5.41) is 3.02. The molecule has 2 rings (SSSR count). The molecule has 1 heterocycles. The molecule has 0 aliphatic carbocycles. The molecule has 1 amide bonds. The predicted octanol–water partition coefficient (Wildman–Crippen LogP) is 3.84. The van der Waals surface area contributed by atoms with Crippen LogP contribution in [0, 0.1) is 0 Å². The lowest BCUT2D eigenvalue weighted by molar-refractivity contribution is 0.0931. The molecule has 0 aliphatic heterocycles. The summed E-state index contributed by atoms with van der Waals surface area (Å²) in [6.45, 7) is 4.13. The number of hydrogen-bond acceptors (Lipinski definition) is 1. The van der Waals surface area contributed by atoms with Gasteiger partial charge in [-0.15, -0.1) is 0 Å². The van der Waals surface area contributed by atoms with Crippen molar-refractivity contribution in [1.29, 1.82) is 0 Å². The first-order chi connectivity index (χ1) is 9.51. The number of halogens is 1. The van der Waals surface area contributed by atoms with Gasteiger partial charge in [-0.25, -0.2) is 0 Å². The van der Waals surface area contributed by atoms with Gasteiger partial charge in [-0.05, 0) is 46.5 Å². The van der Waals surface area contributed by atoms with E-state index in [1.54, 1.807) is 0 Å². The normalized spacial score (nSPS) is 12.2. The molecule has 4 heteroatoms. The number of amides is 1. The molecule has 0 saturated carbocycles. The van der Waals surface area contributed by atoms with Crippen LogP contribution in [0.5, 0.6) is 0 Å². The Morgan fingerprint density at radius 1 is 1.35 bits per heavy atom. The van der Waals surface area contributed by atoms with Crippen molar-refractivity contribution in [2.45, 2.75) is 26.3 Å². The number of rotatable bonds is 4. The third-order valence-electron chi connectivity index (χ3n) is 3.44. The fourth-order valence-electron chi connectivity index (χ4n) is 2.15. The van der Waals surface area contributed by atoms with Crippen LogP contribution in [0.1, 0.15) is 41.5 Å². The minimum absolute atomic E-state index is 0.0120. The number of carbonyl (C=O) groups excluding carboxylic acids is 1. The fraction of sp³-hybridized carbons (Fsp3) is 0.312. The second-order valence-electron chi connectivity index (χ2n) is 4.94. The molecule has 0 fully saturated rings. The van der Waals surface area contributed by atoms with E-state index < -0.39 is 0 Å². The van der Waals surface area contributed by atoms with Crippen LogP contribution in [0.25, 0.3) is 0 Å². The molecule has 1 N–H and O–H groups in total. The van der Waals surface area contributed by atoms with Gasteiger partial charge in [-0.2, -0.15) is 0 Å². The van der Waals surface area contributed by atoms with E-state index in [1.165, 1.54) is 5.56 Å². The smallest absolute Gasteiger partial charge is 0.268 e. The lowest BCUT2D eigenvalue weighted by Gasteiger charge is -2.15. The highest BCUT2D eigenvalue weighted by Crippen LogP contribution is 2.17. The first kappa shape index (κ1) is 14.9. The Balaban J connectivity index is 2.08. The molecule has 2 aromatic rings. The van der Waals surface area contributed by atoms with Gasteiger partial charge in [0.1, 0.15) is 5.69 Å². The first-order valence-electron chi connectivity index (χ1n) is 6.72. The molecular formula is C16H19BrN2O. The maximum atomic E-state index is 12.2. The Morgan fingerprint density at radius 3 is 2.50 bits per heavy atom. The number of aromatic nitrogens is 1. The molecule has 20 heavy (non-hydrogen) atoms. The minimum atomic E-state index is -0.0646. The number of aryl methyl sites for hydroxylation is 2. The second kappa shape index (κ2) is 6.27. The largest absolute Gasteiger partial charge is 0.345 e. The van der Waals surface area contributed by atoms with Crippen LogP contribution < -0.4 is 5.32 Å². The Morgan fingerprint density at radius 2 is 2.00 bits per heavy atom. The molecule has 0 saturated heterocycles. The number of hydrogen-bond donors (Lipinski definition) is 1. The van der Waals surface area contributed by atoms with Crippen LogP contribution in [0.15, 0.2) is 41.0 Å². The van der Waals surface area contributed by atoms with Crippen LogP contribution in [-0.2, 0) is 13.5 Å². The summed E-state index contributed by atoms with van der Waals surface area (Å²) in [4.78, 5) is 12.2. The summed E-state index contributed by atoms with van der Waals surface area (Å²) in [7, 11) is 1.86. The summed E-state index contributed by atoms with van der Waals surface area (Å²) in [6.07, 6.45) is 2.90. The third kappa shape index (κ3) is 3.31. The molecular weight excluding hydrogens is 316 g/mol. The quantitative estimate of drug-likeness (QED) is 0.905. The standard InChI is InChI=1S/C16H19BrN2O/c1-4-12-5-7-13(8-6-12)11(2)18-16(20)15-9-14(17)10-19(15)3/h5-11H,4H2,1-3H3,(H,18,20). The highest BCUT2D eigenvalue weighted by atomic mass is 79.9. The van der Waals surface area contributed by atoms with Gasteiger partial charge >= 0.3 is 0 Å². The molecule has 1 aromatic heterocycles. The Labute approximate surface area is 128 Å². The molecule has 1 aromatic carbocycles. The van der Waals surface area contributed by atoms with Crippen molar-refractivity contribution >= 4 is 21.8 Å². The zero-order chi connectivity index (χ0) is 14.7. The Hall–Kier alpha value is -1.55. The van der Waals surface area contributed by atoms with E-state index in [-0.39, 0.29) is 11.9 Å². The zero-order valence-corrected chi connectivity index (χ0v) is 13.6. The van der Waals surface area contributed by atoms with Gasteiger partial charge in [0, 0.05) is 17.7 Å². The van der Waals surface area contributed by atoms with Crippen molar-refractivity contribution in [3.05, 3.63) is 57.8 Å². The van der Waals surface area contributed by atoms with Crippen LogP contribution in [0.2, 0.25) is 0 Å². The molecule has 0 radical (unpaired) electrons. The van der Waals surface area contributed by atoms with E-state index in [0.717, 1.165) is 16.5 Å². The van der Waals surface area contributed by atoms with Gasteiger partial charge in [0.2, 0.25) is 0 Å². The van der Waals surface area contributed by atoms with Crippen LogP contribution in [-0.4, -0.2) is 10.5 Å². The second-order valence-corrected chi connectivity index (χ2v) is 5.86. The minimum Gasteiger partial charge on any atom is -0.345 e. The molecule has 0 spiro atoms. The molecule has 3 nitrogen and oxygen atoms in total. The lowest BCUT2D eigenvalue weighted by Crippen LogP contribution is -2.28. The van der Waals surface area contributed by atoms with Gasteiger partial charge in [0.25, 0.3) is 5.91 Å².